The summed E-state index contributed by atoms with van der Waals surface area (Å²) >= 11 is 0. The fraction of sp³-hybridized carbons (Fsp3) is 0.263. The van der Waals surface area contributed by atoms with Crippen LogP contribution in [0.3, 0.4) is 0 Å². The van der Waals surface area contributed by atoms with Crippen LogP contribution >= 0.6 is 0 Å². The lowest BCUT2D eigenvalue weighted by Crippen LogP contribution is -2.30. The Morgan fingerprint density at radius 3 is 2.09 bits per heavy atom. The topological polar surface area (TPSA) is 55.4 Å². The van der Waals surface area contributed by atoms with Gasteiger partial charge < -0.3 is 10.1 Å². The number of Topliss-reactive ketones (excluding diaryl/α,β-unsaturated/α-hetero) is 1. The molecule has 23 heavy (non-hydrogen) atoms. The maximum atomic E-state index is 12.3. The molecule has 4 heteroatoms. The van der Waals surface area contributed by atoms with Crippen LogP contribution in [0.4, 0.5) is 5.69 Å². The first-order chi connectivity index (χ1) is 10.9. The Labute approximate surface area is 136 Å². The molecule has 0 aliphatic rings. The molecule has 2 aromatic rings. The number of nitrogens with one attached hydrogen (secondary N) is 1. The van der Waals surface area contributed by atoms with Crippen molar-refractivity contribution in [2.24, 2.45) is 0 Å². The third-order valence-corrected chi connectivity index (χ3v) is 3.67. The molecule has 2 rings (SSSR count). The van der Waals surface area contributed by atoms with E-state index in [2.05, 4.69) is 5.32 Å². The smallest absolute Gasteiger partial charge is 0.265 e. The molecular formula is C19H21NO3. The van der Waals surface area contributed by atoms with Crippen LogP contribution in [0.5, 0.6) is 5.75 Å². The quantitative estimate of drug-likeness (QED) is 0.852. The first-order valence-electron chi connectivity index (χ1n) is 7.53. The zero-order valence-corrected chi connectivity index (χ0v) is 13.8. The lowest BCUT2D eigenvalue weighted by Gasteiger charge is -2.17. The van der Waals surface area contributed by atoms with E-state index < -0.39 is 6.10 Å². The van der Waals surface area contributed by atoms with Crippen LogP contribution in [0, 0.1) is 13.8 Å². The van der Waals surface area contributed by atoms with E-state index in [9.17, 15) is 9.59 Å². The average Bonchev–Trinajstić information content (AvgIpc) is 2.51. The second-order valence-corrected chi connectivity index (χ2v) is 5.60. The molecule has 1 unspecified atom stereocenters. The van der Waals surface area contributed by atoms with Gasteiger partial charge in [0.1, 0.15) is 5.75 Å². The molecule has 4 nitrogen and oxygen atoms in total. The first-order valence-corrected chi connectivity index (χ1v) is 7.53. The van der Waals surface area contributed by atoms with Gasteiger partial charge in [-0.1, -0.05) is 18.2 Å². The van der Waals surface area contributed by atoms with Gasteiger partial charge in [0.2, 0.25) is 0 Å². The highest BCUT2D eigenvalue weighted by atomic mass is 16.5. The number of rotatable bonds is 5. The van der Waals surface area contributed by atoms with E-state index in [4.69, 9.17) is 4.74 Å². The summed E-state index contributed by atoms with van der Waals surface area (Å²) < 4.78 is 5.64. The maximum absolute atomic E-state index is 12.3. The summed E-state index contributed by atoms with van der Waals surface area (Å²) in [7, 11) is 0. The highest BCUT2D eigenvalue weighted by Crippen LogP contribution is 2.20. The van der Waals surface area contributed by atoms with Crippen molar-refractivity contribution in [2.45, 2.75) is 33.8 Å². The Hall–Kier alpha value is -2.62. The Morgan fingerprint density at radius 1 is 1.00 bits per heavy atom. The summed E-state index contributed by atoms with van der Waals surface area (Å²) in [5.41, 5.74) is 3.46. The summed E-state index contributed by atoms with van der Waals surface area (Å²) in [4.78, 5) is 23.6. The van der Waals surface area contributed by atoms with E-state index in [0.29, 0.717) is 11.3 Å². The number of anilines is 1. The standard InChI is InChI=1S/C19H21NO3/c1-12-6-5-7-13(2)18(12)20-19(22)15(4)23-17-10-8-16(9-11-17)14(3)21/h5-11,15H,1-4H3,(H,20,22). The predicted octanol–water partition coefficient (Wildman–Crippen LogP) is 3.91. The van der Waals surface area contributed by atoms with Gasteiger partial charge in [0, 0.05) is 11.3 Å². The Balaban J connectivity index is 2.04. The van der Waals surface area contributed by atoms with Gasteiger partial charge in [0.15, 0.2) is 11.9 Å². The van der Waals surface area contributed by atoms with Crippen LogP contribution in [0.15, 0.2) is 42.5 Å². The van der Waals surface area contributed by atoms with E-state index in [1.54, 1.807) is 31.2 Å². The van der Waals surface area contributed by atoms with Gasteiger partial charge in [-0.15, -0.1) is 0 Å². The van der Waals surface area contributed by atoms with Crippen LogP contribution in [-0.2, 0) is 4.79 Å². The highest BCUT2D eigenvalue weighted by molar-refractivity contribution is 5.95. The van der Waals surface area contributed by atoms with Gasteiger partial charge in [0.25, 0.3) is 5.91 Å². The predicted molar refractivity (Wildman–Crippen MR) is 91.1 cm³/mol. The van der Waals surface area contributed by atoms with Crippen molar-refractivity contribution in [2.75, 3.05) is 5.32 Å². The Bertz CT molecular complexity index is 700. The molecule has 2 aromatic carbocycles. The minimum Gasteiger partial charge on any atom is -0.481 e. The third kappa shape index (κ3) is 4.19. The van der Waals surface area contributed by atoms with Gasteiger partial charge in [0.05, 0.1) is 0 Å². The van der Waals surface area contributed by atoms with Crippen molar-refractivity contribution in [3.63, 3.8) is 0 Å². The summed E-state index contributed by atoms with van der Waals surface area (Å²) in [6.07, 6.45) is -0.641. The van der Waals surface area contributed by atoms with Crippen LogP contribution in [-0.4, -0.2) is 17.8 Å². The normalized spacial score (nSPS) is 11.7. The van der Waals surface area contributed by atoms with Gasteiger partial charge in [-0.3, -0.25) is 9.59 Å². The molecule has 0 aromatic heterocycles. The van der Waals surface area contributed by atoms with Crippen molar-refractivity contribution in [3.8, 4) is 5.75 Å². The van der Waals surface area contributed by atoms with Crippen LogP contribution < -0.4 is 10.1 Å². The molecule has 0 saturated carbocycles. The van der Waals surface area contributed by atoms with Crippen LogP contribution in [0.1, 0.15) is 35.3 Å². The molecule has 0 saturated heterocycles. The van der Waals surface area contributed by atoms with E-state index in [0.717, 1.165) is 16.8 Å². The highest BCUT2D eigenvalue weighted by Gasteiger charge is 2.16. The number of ketones is 1. The first kappa shape index (κ1) is 16.7. The molecule has 120 valence electrons. The lowest BCUT2D eigenvalue weighted by molar-refractivity contribution is -0.122. The fourth-order valence-corrected chi connectivity index (χ4v) is 2.26. The molecule has 0 radical (unpaired) electrons. The van der Waals surface area contributed by atoms with E-state index in [1.165, 1.54) is 6.92 Å². The van der Waals surface area contributed by atoms with Crippen LogP contribution in [0.2, 0.25) is 0 Å². The van der Waals surface area contributed by atoms with Crippen molar-refractivity contribution in [1.82, 2.24) is 0 Å². The summed E-state index contributed by atoms with van der Waals surface area (Å²) in [6.45, 7) is 7.11. The second-order valence-electron chi connectivity index (χ2n) is 5.60. The van der Waals surface area contributed by atoms with Crippen molar-refractivity contribution in [1.29, 1.82) is 0 Å². The molecule has 0 heterocycles. The van der Waals surface area contributed by atoms with Crippen molar-refractivity contribution >= 4 is 17.4 Å². The van der Waals surface area contributed by atoms with Crippen LogP contribution in [0.25, 0.3) is 0 Å². The van der Waals surface area contributed by atoms with Gasteiger partial charge in [-0.25, -0.2) is 0 Å². The number of carbonyl (C=O) groups excluding carboxylic acids is 2. The molecule has 0 aliphatic carbocycles. The number of amides is 1. The monoisotopic (exact) mass is 311 g/mol. The SMILES string of the molecule is CC(=O)c1ccc(OC(C)C(=O)Nc2c(C)cccc2C)cc1. The summed E-state index contributed by atoms with van der Waals surface area (Å²) in [5.74, 6) is 0.342. The average molecular weight is 311 g/mol. The molecule has 0 aliphatic heterocycles. The van der Waals surface area contributed by atoms with Gasteiger partial charge >= 0.3 is 0 Å². The molecule has 1 N–H and O–H groups in total. The number of hydrogen-bond acceptors (Lipinski definition) is 3. The van der Waals surface area contributed by atoms with Gasteiger partial charge in [-0.05, 0) is 63.1 Å². The number of benzene rings is 2. The number of hydrogen-bond donors (Lipinski definition) is 1. The minimum absolute atomic E-state index is 0.00244. The van der Waals surface area contributed by atoms with Crippen molar-refractivity contribution in [3.05, 3.63) is 59.2 Å². The third-order valence-electron chi connectivity index (χ3n) is 3.67. The molecular weight excluding hydrogens is 290 g/mol. The Morgan fingerprint density at radius 2 is 1.57 bits per heavy atom. The lowest BCUT2D eigenvalue weighted by atomic mass is 10.1. The number of carbonyl (C=O) groups is 2. The minimum atomic E-state index is -0.641. The molecule has 1 amide bonds. The molecule has 0 spiro atoms. The largest absolute Gasteiger partial charge is 0.481 e. The van der Waals surface area contributed by atoms with Crippen molar-refractivity contribution < 1.29 is 14.3 Å². The summed E-state index contributed by atoms with van der Waals surface area (Å²) in [5, 5.41) is 2.91. The van der Waals surface area contributed by atoms with E-state index >= 15 is 0 Å². The van der Waals surface area contributed by atoms with E-state index in [-0.39, 0.29) is 11.7 Å². The second kappa shape index (κ2) is 7.09. The van der Waals surface area contributed by atoms with Gasteiger partial charge in [-0.2, -0.15) is 0 Å². The number of ether oxygens (including phenoxy) is 1. The molecule has 0 fully saturated rings. The van der Waals surface area contributed by atoms with E-state index in [1.807, 2.05) is 32.0 Å². The Kier molecular flexibility index (Phi) is 5.16. The zero-order valence-electron chi connectivity index (χ0n) is 13.8. The number of aryl methyl sites for hydroxylation is 2. The maximum Gasteiger partial charge on any atom is 0.265 e. The fourth-order valence-electron chi connectivity index (χ4n) is 2.26. The summed E-state index contributed by atoms with van der Waals surface area (Å²) in [6, 6.07) is 12.6. The zero-order chi connectivity index (χ0) is 17.0. The molecule has 0 bridgehead atoms. The number of para-hydroxylation sites is 1. The molecule has 1 atom stereocenters.